The summed E-state index contributed by atoms with van der Waals surface area (Å²) in [6.07, 6.45) is -4.48. The van der Waals surface area contributed by atoms with E-state index >= 15 is 0 Å². The van der Waals surface area contributed by atoms with Crippen molar-refractivity contribution in [1.82, 2.24) is 9.97 Å². The fourth-order valence-electron chi connectivity index (χ4n) is 2.78. The average Bonchev–Trinajstić information content (AvgIpc) is 2.74. The lowest BCUT2D eigenvalue weighted by Gasteiger charge is -2.19. The van der Waals surface area contributed by atoms with Crippen LogP contribution in [0.25, 0.3) is 0 Å². The number of benzene rings is 2. The summed E-state index contributed by atoms with van der Waals surface area (Å²) in [6.45, 7) is 1.68. The van der Waals surface area contributed by atoms with E-state index < -0.39 is 18.1 Å². The molecule has 11 heteroatoms. The summed E-state index contributed by atoms with van der Waals surface area (Å²) in [5.74, 6) is 1.27. The van der Waals surface area contributed by atoms with Gasteiger partial charge >= 0.3 is 6.18 Å². The summed E-state index contributed by atoms with van der Waals surface area (Å²) in [6, 6.07) is 11.8. The standard InChI is InChI=1S/C21H22F3N5O3/c1-13-2-3-15(10-17(13)21(22,23)24)29-20(31)28-14-4-6-16(7-5-14)32-19-11-18(25-8-9-30)26-12-27-19/h2-7,10-12,20,28-31H,8-9H2,1H3,(H,25,26,27). The quantitative estimate of drug-likeness (QED) is 0.314. The highest BCUT2D eigenvalue weighted by Gasteiger charge is 2.32. The van der Waals surface area contributed by atoms with E-state index in [4.69, 9.17) is 9.84 Å². The largest absolute Gasteiger partial charge is 0.439 e. The van der Waals surface area contributed by atoms with Gasteiger partial charge in [-0.05, 0) is 48.9 Å². The van der Waals surface area contributed by atoms with Crippen molar-refractivity contribution in [2.45, 2.75) is 19.5 Å². The molecule has 0 spiro atoms. The Morgan fingerprint density at radius 3 is 2.38 bits per heavy atom. The molecule has 1 heterocycles. The average molecular weight is 449 g/mol. The predicted molar refractivity (Wildman–Crippen MR) is 114 cm³/mol. The second-order valence-corrected chi connectivity index (χ2v) is 6.74. The van der Waals surface area contributed by atoms with Crippen LogP contribution in [0.4, 0.5) is 30.4 Å². The Bertz CT molecular complexity index is 1030. The van der Waals surface area contributed by atoms with Crippen molar-refractivity contribution in [2.24, 2.45) is 0 Å². The summed E-state index contributed by atoms with van der Waals surface area (Å²) in [4.78, 5) is 8.01. The maximum Gasteiger partial charge on any atom is 0.416 e. The number of anilines is 3. The highest BCUT2D eigenvalue weighted by atomic mass is 19.4. The lowest BCUT2D eigenvalue weighted by molar-refractivity contribution is -0.138. The molecule has 0 radical (unpaired) electrons. The first-order valence-corrected chi connectivity index (χ1v) is 9.58. The molecule has 0 fully saturated rings. The molecule has 3 aromatic rings. The van der Waals surface area contributed by atoms with E-state index in [0.29, 0.717) is 29.7 Å². The maximum absolute atomic E-state index is 13.0. The molecular weight excluding hydrogens is 427 g/mol. The van der Waals surface area contributed by atoms with Crippen LogP contribution in [0, 0.1) is 6.92 Å². The first-order chi connectivity index (χ1) is 15.2. The van der Waals surface area contributed by atoms with Crippen molar-refractivity contribution < 1.29 is 28.1 Å². The van der Waals surface area contributed by atoms with Gasteiger partial charge in [-0.2, -0.15) is 13.2 Å². The van der Waals surface area contributed by atoms with Gasteiger partial charge in [0.15, 0.2) is 0 Å². The Labute approximate surface area is 182 Å². The zero-order valence-electron chi connectivity index (χ0n) is 17.0. The highest BCUT2D eigenvalue weighted by Crippen LogP contribution is 2.33. The van der Waals surface area contributed by atoms with Crippen molar-refractivity contribution in [3.63, 3.8) is 0 Å². The minimum absolute atomic E-state index is 0.0389. The number of hydrogen-bond acceptors (Lipinski definition) is 8. The van der Waals surface area contributed by atoms with Crippen molar-refractivity contribution in [2.75, 3.05) is 29.1 Å². The van der Waals surface area contributed by atoms with Crippen LogP contribution in [0.3, 0.4) is 0 Å². The number of nitrogens with zero attached hydrogens (tertiary/aromatic N) is 2. The number of halogens is 3. The number of aryl methyl sites for hydroxylation is 1. The second kappa shape index (κ2) is 10.2. The van der Waals surface area contributed by atoms with Gasteiger partial charge in [0, 0.05) is 24.0 Å². The fourth-order valence-corrected chi connectivity index (χ4v) is 2.78. The molecule has 2 aromatic carbocycles. The molecule has 32 heavy (non-hydrogen) atoms. The van der Waals surface area contributed by atoms with Crippen LogP contribution in [-0.4, -0.2) is 39.7 Å². The maximum atomic E-state index is 13.0. The Morgan fingerprint density at radius 1 is 1.00 bits per heavy atom. The molecule has 0 aliphatic carbocycles. The molecule has 0 bridgehead atoms. The van der Waals surface area contributed by atoms with Gasteiger partial charge in [0.1, 0.15) is 17.9 Å². The SMILES string of the molecule is Cc1ccc(NC(O)Nc2ccc(Oc3cc(NCCO)ncn3)cc2)cc1C(F)(F)F. The summed E-state index contributed by atoms with van der Waals surface area (Å²) >= 11 is 0. The molecule has 0 saturated carbocycles. The summed E-state index contributed by atoms with van der Waals surface area (Å²) in [7, 11) is 0. The van der Waals surface area contributed by atoms with Gasteiger partial charge in [-0.25, -0.2) is 9.97 Å². The fraction of sp³-hybridized carbons (Fsp3) is 0.238. The topological polar surface area (TPSA) is 112 Å². The third kappa shape index (κ3) is 6.46. The van der Waals surface area contributed by atoms with E-state index in [2.05, 4.69) is 25.9 Å². The van der Waals surface area contributed by atoms with Crippen LogP contribution < -0.4 is 20.7 Å². The molecule has 5 N–H and O–H groups in total. The third-order valence-corrected chi connectivity index (χ3v) is 4.29. The molecule has 8 nitrogen and oxygen atoms in total. The van der Waals surface area contributed by atoms with Gasteiger partial charge in [0.2, 0.25) is 12.2 Å². The Balaban J connectivity index is 1.59. The van der Waals surface area contributed by atoms with Crippen molar-refractivity contribution >= 4 is 17.2 Å². The van der Waals surface area contributed by atoms with Crippen molar-refractivity contribution in [1.29, 1.82) is 0 Å². The molecule has 0 saturated heterocycles. The number of nitrogens with one attached hydrogen (secondary N) is 3. The van der Waals surface area contributed by atoms with Crippen molar-refractivity contribution in [3.8, 4) is 11.6 Å². The van der Waals surface area contributed by atoms with E-state index in [1.807, 2.05) is 0 Å². The van der Waals surface area contributed by atoms with E-state index in [-0.39, 0.29) is 17.9 Å². The smallest absolute Gasteiger partial charge is 0.416 e. The minimum Gasteiger partial charge on any atom is -0.439 e. The summed E-state index contributed by atoms with van der Waals surface area (Å²) < 4.78 is 44.8. The molecule has 1 unspecified atom stereocenters. The van der Waals surface area contributed by atoms with Crippen LogP contribution in [0.15, 0.2) is 54.9 Å². The molecule has 0 aliphatic rings. The number of ether oxygens (including phenoxy) is 1. The number of aromatic nitrogens is 2. The third-order valence-electron chi connectivity index (χ3n) is 4.29. The number of aliphatic hydroxyl groups excluding tert-OH is 2. The predicted octanol–water partition coefficient (Wildman–Crippen LogP) is 3.80. The first-order valence-electron chi connectivity index (χ1n) is 9.58. The van der Waals surface area contributed by atoms with Gasteiger partial charge in [0.05, 0.1) is 12.2 Å². The summed E-state index contributed by atoms with van der Waals surface area (Å²) in [5.41, 5.74) is -0.0394. The van der Waals surface area contributed by atoms with Crippen LogP contribution in [-0.2, 0) is 6.18 Å². The van der Waals surface area contributed by atoms with Gasteiger partial charge in [-0.1, -0.05) is 6.07 Å². The van der Waals surface area contributed by atoms with Gasteiger partial charge in [0.25, 0.3) is 0 Å². The summed E-state index contributed by atoms with van der Waals surface area (Å²) in [5, 5.41) is 27.2. The number of alkyl halides is 3. The first kappa shape index (κ1) is 23.1. The van der Waals surface area contributed by atoms with Gasteiger partial charge in [-0.3, -0.25) is 0 Å². The van der Waals surface area contributed by atoms with Crippen LogP contribution in [0.1, 0.15) is 11.1 Å². The number of aliphatic hydroxyl groups is 2. The Morgan fingerprint density at radius 2 is 1.69 bits per heavy atom. The molecule has 0 amide bonds. The molecule has 0 aliphatic heterocycles. The molecule has 3 rings (SSSR count). The van der Waals surface area contributed by atoms with Crippen molar-refractivity contribution in [3.05, 3.63) is 66.0 Å². The number of rotatable bonds is 9. The van der Waals surface area contributed by atoms with E-state index in [0.717, 1.165) is 6.07 Å². The normalized spacial score (nSPS) is 12.2. The lowest BCUT2D eigenvalue weighted by Crippen LogP contribution is -2.28. The lowest BCUT2D eigenvalue weighted by atomic mass is 10.1. The second-order valence-electron chi connectivity index (χ2n) is 6.74. The van der Waals surface area contributed by atoms with Gasteiger partial charge < -0.3 is 30.9 Å². The van der Waals surface area contributed by atoms with E-state index in [9.17, 15) is 18.3 Å². The monoisotopic (exact) mass is 449 g/mol. The zero-order valence-corrected chi connectivity index (χ0v) is 17.0. The van der Waals surface area contributed by atoms with E-state index in [1.165, 1.54) is 25.4 Å². The van der Waals surface area contributed by atoms with Crippen LogP contribution in [0.5, 0.6) is 11.6 Å². The number of hydrogen-bond donors (Lipinski definition) is 5. The molecule has 1 aromatic heterocycles. The molecular formula is C21H22F3N5O3. The van der Waals surface area contributed by atoms with Gasteiger partial charge in [-0.15, -0.1) is 0 Å². The van der Waals surface area contributed by atoms with E-state index in [1.54, 1.807) is 30.3 Å². The Kier molecular flexibility index (Phi) is 7.33. The molecule has 1 atom stereocenters. The van der Waals surface area contributed by atoms with Crippen LogP contribution in [0.2, 0.25) is 0 Å². The molecule has 170 valence electrons. The Hall–Kier alpha value is -3.57. The minimum atomic E-state index is -4.48. The van der Waals surface area contributed by atoms with Crippen LogP contribution >= 0.6 is 0 Å². The zero-order chi connectivity index (χ0) is 23.1. The highest BCUT2D eigenvalue weighted by molar-refractivity contribution is 5.53.